The number of halogens is 2. The number of esters is 1. The second kappa shape index (κ2) is 10.0. The Morgan fingerprint density at radius 1 is 1.09 bits per heavy atom. The van der Waals surface area contributed by atoms with Crippen molar-refractivity contribution in [1.82, 2.24) is 10.0 Å². The SMILES string of the molecule is Cc1ccc(S(=O)(=O)NC2CC2)cc1C(=O)OCC(=O)NC(=O)c1ccc(OC(F)F)cc1. The van der Waals surface area contributed by atoms with Crippen molar-refractivity contribution in [3.05, 3.63) is 59.2 Å². The maximum absolute atomic E-state index is 12.4. The largest absolute Gasteiger partial charge is 0.452 e. The molecular formula is C21H20F2N2O7S. The molecule has 1 fully saturated rings. The monoisotopic (exact) mass is 482 g/mol. The molecule has 2 aromatic rings. The standard InChI is InChI=1S/C21H20F2N2O7S/c1-12-2-9-16(33(29,30)25-14-5-6-14)10-17(12)20(28)31-11-18(26)24-19(27)13-3-7-15(8-4-13)32-21(22)23/h2-4,7-10,14,21,25H,5-6,11H2,1H3,(H,24,26,27). The summed E-state index contributed by atoms with van der Waals surface area (Å²) < 4.78 is 60.6. The summed E-state index contributed by atoms with van der Waals surface area (Å²) in [5, 5.41) is 1.99. The van der Waals surface area contributed by atoms with Gasteiger partial charge in [-0.25, -0.2) is 17.9 Å². The van der Waals surface area contributed by atoms with Crippen LogP contribution in [0.2, 0.25) is 0 Å². The molecule has 1 aliphatic rings. The third-order valence-electron chi connectivity index (χ3n) is 4.57. The fourth-order valence-electron chi connectivity index (χ4n) is 2.71. The summed E-state index contributed by atoms with van der Waals surface area (Å²) in [6, 6.07) is 8.48. The van der Waals surface area contributed by atoms with Gasteiger partial charge in [0, 0.05) is 11.6 Å². The zero-order valence-electron chi connectivity index (χ0n) is 17.3. The Kier molecular flexibility index (Phi) is 7.39. The zero-order chi connectivity index (χ0) is 24.2. The highest BCUT2D eigenvalue weighted by Gasteiger charge is 2.28. The summed E-state index contributed by atoms with van der Waals surface area (Å²) in [6.45, 7) is -2.24. The fourth-order valence-corrected chi connectivity index (χ4v) is 4.04. The molecule has 1 saturated carbocycles. The molecular weight excluding hydrogens is 462 g/mol. The second-order valence-electron chi connectivity index (χ2n) is 7.23. The molecule has 2 N–H and O–H groups in total. The van der Waals surface area contributed by atoms with E-state index in [2.05, 4.69) is 9.46 Å². The molecule has 12 heteroatoms. The van der Waals surface area contributed by atoms with Crippen molar-refractivity contribution >= 4 is 27.8 Å². The average molecular weight is 482 g/mol. The highest BCUT2D eigenvalue weighted by molar-refractivity contribution is 7.89. The van der Waals surface area contributed by atoms with Gasteiger partial charge in [-0.1, -0.05) is 6.07 Å². The Labute approximate surface area is 188 Å². The Bertz CT molecular complexity index is 1160. The number of carbonyl (C=O) groups excluding carboxylic acids is 3. The molecule has 33 heavy (non-hydrogen) atoms. The molecule has 0 radical (unpaired) electrons. The van der Waals surface area contributed by atoms with Gasteiger partial charge in [0.2, 0.25) is 10.0 Å². The molecule has 2 aromatic carbocycles. The molecule has 0 bridgehead atoms. The van der Waals surface area contributed by atoms with E-state index in [1.807, 2.05) is 5.32 Å². The minimum absolute atomic E-state index is 0.00629. The normalized spacial score (nSPS) is 13.5. The summed E-state index contributed by atoms with van der Waals surface area (Å²) >= 11 is 0. The number of nitrogens with one attached hydrogen (secondary N) is 2. The van der Waals surface area contributed by atoms with Gasteiger partial charge in [-0.2, -0.15) is 8.78 Å². The van der Waals surface area contributed by atoms with E-state index in [4.69, 9.17) is 4.74 Å². The van der Waals surface area contributed by atoms with Crippen molar-refractivity contribution in [1.29, 1.82) is 0 Å². The number of amides is 2. The van der Waals surface area contributed by atoms with Crippen LogP contribution < -0.4 is 14.8 Å². The van der Waals surface area contributed by atoms with Crippen LogP contribution in [-0.4, -0.2) is 45.5 Å². The van der Waals surface area contributed by atoms with Gasteiger partial charge in [0.15, 0.2) is 6.61 Å². The van der Waals surface area contributed by atoms with Gasteiger partial charge < -0.3 is 9.47 Å². The number of alkyl halides is 2. The van der Waals surface area contributed by atoms with Gasteiger partial charge in [0.1, 0.15) is 5.75 Å². The number of imide groups is 1. The van der Waals surface area contributed by atoms with E-state index in [0.29, 0.717) is 5.56 Å². The van der Waals surface area contributed by atoms with Crippen LogP contribution >= 0.6 is 0 Å². The lowest BCUT2D eigenvalue weighted by Crippen LogP contribution is -2.34. The van der Waals surface area contributed by atoms with Crippen LogP contribution in [0.4, 0.5) is 8.78 Å². The van der Waals surface area contributed by atoms with Crippen molar-refractivity contribution in [2.45, 2.75) is 37.3 Å². The lowest BCUT2D eigenvalue weighted by Gasteiger charge is -2.11. The lowest BCUT2D eigenvalue weighted by atomic mass is 10.1. The van der Waals surface area contributed by atoms with Crippen molar-refractivity contribution in [2.24, 2.45) is 0 Å². The first-order chi connectivity index (χ1) is 15.5. The number of benzene rings is 2. The molecule has 0 aliphatic heterocycles. The highest BCUT2D eigenvalue weighted by atomic mass is 32.2. The molecule has 0 aromatic heterocycles. The Morgan fingerprint density at radius 2 is 1.76 bits per heavy atom. The van der Waals surface area contributed by atoms with Crippen LogP contribution in [0.3, 0.4) is 0 Å². The molecule has 0 spiro atoms. The number of sulfonamides is 1. The number of aryl methyl sites for hydroxylation is 1. The molecule has 1 aliphatic carbocycles. The summed E-state index contributed by atoms with van der Waals surface area (Å²) in [4.78, 5) is 36.3. The van der Waals surface area contributed by atoms with E-state index in [-0.39, 0.29) is 27.8 Å². The van der Waals surface area contributed by atoms with Crippen molar-refractivity contribution in [3.63, 3.8) is 0 Å². The van der Waals surface area contributed by atoms with E-state index in [1.165, 1.54) is 24.3 Å². The molecule has 0 heterocycles. The van der Waals surface area contributed by atoms with Gasteiger partial charge >= 0.3 is 12.6 Å². The number of carbonyl (C=O) groups is 3. The van der Waals surface area contributed by atoms with E-state index in [1.54, 1.807) is 6.92 Å². The Hall–Kier alpha value is -3.38. The van der Waals surface area contributed by atoms with E-state index in [0.717, 1.165) is 31.0 Å². The van der Waals surface area contributed by atoms with Crippen LogP contribution in [0.25, 0.3) is 0 Å². The van der Waals surface area contributed by atoms with Crippen LogP contribution in [0.15, 0.2) is 47.4 Å². The van der Waals surface area contributed by atoms with E-state index < -0.39 is 41.0 Å². The van der Waals surface area contributed by atoms with Gasteiger partial charge in [0.05, 0.1) is 10.5 Å². The maximum atomic E-state index is 12.4. The topological polar surface area (TPSA) is 128 Å². The molecule has 176 valence electrons. The molecule has 0 unspecified atom stereocenters. The van der Waals surface area contributed by atoms with Crippen LogP contribution in [0.5, 0.6) is 5.75 Å². The first kappa shape index (κ1) is 24.3. The first-order valence-corrected chi connectivity index (χ1v) is 11.2. The van der Waals surface area contributed by atoms with Crippen molar-refractivity contribution in [2.75, 3.05) is 6.61 Å². The van der Waals surface area contributed by atoms with Crippen LogP contribution in [0, 0.1) is 6.92 Å². The third-order valence-corrected chi connectivity index (χ3v) is 6.09. The quantitative estimate of drug-likeness (QED) is 0.524. The molecule has 0 atom stereocenters. The lowest BCUT2D eigenvalue weighted by molar-refractivity contribution is -0.123. The summed E-state index contributed by atoms with van der Waals surface area (Å²) in [5.74, 6) is -2.87. The van der Waals surface area contributed by atoms with Gasteiger partial charge in [-0.15, -0.1) is 0 Å². The maximum Gasteiger partial charge on any atom is 0.387 e. The number of hydrogen-bond donors (Lipinski definition) is 2. The second-order valence-corrected chi connectivity index (χ2v) is 8.94. The van der Waals surface area contributed by atoms with Gasteiger partial charge in [-0.3, -0.25) is 14.9 Å². The third kappa shape index (κ3) is 6.80. The minimum Gasteiger partial charge on any atom is -0.452 e. The predicted octanol–water partition coefficient (Wildman–Crippen LogP) is 2.15. The smallest absolute Gasteiger partial charge is 0.387 e. The fraction of sp³-hybridized carbons (Fsp3) is 0.286. The molecule has 0 saturated heterocycles. The highest BCUT2D eigenvalue weighted by Crippen LogP contribution is 2.23. The summed E-state index contributed by atoms with van der Waals surface area (Å²) in [7, 11) is -3.79. The van der Waals surface area contributed by atoms with Crippen molar-refractivity contribution < 1.29 is 41.1 Å². The minimum atomic E-state index is -3.79. The Balaban J connectivity index is 1.57. The average Bonchev–Trinajstić information content (AvgIpc) is 3.55. The summed E-state index contributed by atoms with van der Waals surface area (Å²) in [6.07, 6.45) is 1.50. The number of hydrogen-bond acceptors (Lipinski definition) is 7. The number of ether oxygens (including phenoxy) is 2. The molecule has 3 rings (SSSR count). The predicted molar refractivity (Wildman–Crippen MR) is 110 cm³/mol. The van der Waals surface area contributed by atoms with Crippen LogP contribution in [0.1, 0.15) is 39.1 Å². The van der Waals surface area contributed by atoms with Gasteiger partial charge in [0.25, 0.3) is 11.8 Å². The van der Waals surface area contributed by atoms with Gasteiger partial charge in [-0.05, 0) is 61.7 Å². The van der Waals surface area contributed by atoms with Crippen molar-refractivity contribution in [3.8, 4) is 5.75 Å². The molecule has 2 amide bonds. The summed E-state index contributed by atoms with van der Waals surface area (Å²) in [5.41, 5.74) is 0.392. The Morgan fingerprint density at radius 3 is 2.36 bits per heavy atom. The first-order valence-electron chi connectivity index (χ1n) is 9.74. The number of rotatable bonds is 9. The molecule has 9 nitrogen and oxygen atoms in total. The van der Waals surface area contributed by atoms with Crippen LogP contribution in [-0.2, 0) is 19.6 Å². The van der Waals surface area contributed by atoms with E-state index in [9.17, 15) is 31.6 Å². The zero-order valence-corrected chi connectivity index (χ0v) is 18.2. The van der Waals surface area contributed by atoms with E-state index >= 15 is 0 Å².